The summed E-state index contributed by atoms with van der Waals surface area (Å²) < 4.78 is 15.4. The van der Waals surface area contributed by atoms with Gasteiger partial charge in [-0.15, -0.1) is 0 Å². The Kier molecular flexibility index (Phi) is 4.47. The van der Waals surface area contributed by atoms with E-state index in [-0.39, 0.29) is 0 Å². The van der Waals surface area contributed by atoms with Crippen molar-refractivity contribution >= 4 is 6.08 Å². The van der Waals surface area contributed by atoms with E-state index < -0.39 is 0 Å². The third kappa shape index (κ3) is 2.87. The largest absolute Gasteiger partial charge is 0.501 e. The summed E-state index contributed by atoms with van der Waals surface area (Å²) in [6.07, 6.45) is 4.99. The van der Waals surface area contributed by atoms with Gasteiger partial charge in [0, 0.05) is 18.3 Å². The number of methoxy groups -OCH3 is 2. The molecule has 82 valence electrons. The minimum atomic E-state index is 0.607. The first-order valence-electron chi connectivity index (χ1n) is 4.68. The predicted molar refractivity (Wildman–Crippen MR) is 58.0 cm³/mol. The number of ether oxygens (including phenoxy) is 3. The molecule has 0 aliphatic carbocycles. The smallest absolute Gasteiger partial charge is 0.186 e. The molecule has 0 N–H and O–H groups in total. The number of hydrogen-bond acceptors (Lipinski definition) is 4. The van der Waals surface area contributed by atoms with Gasteiger partial charge in [-0.1, -0.05) is 0 Å². The van der Waals surface area contributed by atoms with E-state index in [2.05, 4.69) is 4.98 Å². The molecule has 0 unspecified atom stereocenters. The molecule has 0 aliphatic rings. The summed E-state index contributed by atoms with van der Waals surface area (Å²) in [7, 11) is 3.17. The molecule has 4 nitrogen and oxygen atoms in total. The van der Waals surface area contributed by atoms with Gasteiger partial charge in [-0.2, -0.15) is 0 Å². The summed E-state index contributed by atoms with van der Waals surface area (Å²) in [5.74, 6) is 1.26. The minimum Gasteiger partial charge on any atom is -0.501 e. The molecule has 1 aromatic rings. The Morgan fingerprint density at radius 3 is 2.73 bits per heavy atom. The van der Waals surface area contributed by atoms with Crippen LogP contribution < -0.4 is 9.47 Å². The Morgan fingerprint density at radius 1 is 1.33 bits per heavy atom. The van der Waals surface area contributed by atoms with E-state index in [1.54, 1.807) is 38.8 Å². The Bertz CT molecular complexity index is 337. The zero-order valence-electron chi connectivity index (χ0n) is 9.19. The van der Waals surface area contributed by atoms with Crippen LogP contribution in [0.4, 0.5) is 0 Å². The zero-order chi connectivity index (χ0) is 11.1. The molecule has 1 aromatic heterocycles. The van der Waals surface area contributed by atoms with Crippen LogP contribution in [-0.2, 0) is 4.74 Å². The van der Waals surface area contributed by atoms with Crippen molar-refractivity contribution in [2.24, 2.45) is 0 Å². The first kappa shape index (κ1) is 11.4. The highest BCUT2D eigenvalue weighted by Crippen LogP contribution is 2.29. The van der Waals surface area contributed by atoms with Gasteiger partial charge in [-0.05, 0) is 6.92 Å². The molecular weight excluding hydrogens is 194 g/mol. The Morgan fingerprint density at radius 2 is 2.13 bits per heavy atom. The quantitative estimate of drug-likeness (QED) is 0.696. The Hall–Kier alpha value is -1.71. The van der Waals surface area contributed by atoms with Crippen LogP contribution in [0.3, 0.4) is 0 Å². The maximum Gasteiger partial charge on any atom is 0.186 e. The summed E-state index contributed by atoms with van der Waals surface area (Å²) >= 11 is 0. The fourth-order valence-electron chi connectivity index (χ4n) is 1.14. The highest BCUT2D eigenvalue weighted by atomic mass is 16.5. The molecule has 0 fully saturated rings. The second-order valence-electron chi connectivity index (χ2n) is 2.69. The third-order valence-corrected chi connectivity index (χ3v) is 1.81. The summed E-state index contributed by atoms with van der Waals surface area (Å²) in [6, 6.07) is 1.75. The molecule has 1 heterocycles. The predicted octanol–water partition coefficient (Wildman–Crippen LogP) is 2.11. The molecule has 0 radical (unpaired) electrons. The lowest BCUT2D eigenvalue weighted by atomic mass is 10.3. The lowest BCUT2D eigenvalue weighted by Gasteiger charge is -2.08. The summed E-state index contributed by atoms with van der Waals surface area (Å²) in [5.41, 5.74) is 0.685. The number of pyridine rings is 1. The van der Waals surface area contributed by atoms with Crippen molar-refractivity contribution in [1.82, 2.24) is 4.98 Å². The van der Waals surface area contributed by atoms with Crippen LogP contribution in [0.25, 0.3) is 6.08 Å². The average molecular weight is 209 g/mol. The molecule has 0 bridgehead atoms. The lowest BCUT2D eigenvalue weighted by molar-refractivity contribution is 0.272. The lowest BCUT2D eigenvalue weighted by Crippen LogP contribution is -1.95. The maximum absolute atomic E-state index is 5.20. The molecule has 0 aliphatic heterocycles. The molecule has 0 aromatic carbocycles. The topological polar surface area (TPSA) is 40.6 Å². The van der Waals surface area contributed by atoms with Gasteiger partial charge in [0.2, 0.25) is 0 Å². The fourth-order valence-corrected chi connectivity index (χ4v) is 1.14. The van der Waals surface area contributed by atoms with Gasteiger partial charge in [0.25, 0.3) is 0 Å². The number of aromatic nitrogens is 1. The van der Waals surface area contributed by atoms with Gasteiger partial charge in [0.05, 0.1) is 27.1 Å². The molecule has 0 atom stereocenters. The van der Waals surface area contributed by atoms with Gasteiger partial charge in [0.1, 0.15) is 5.69 Å². The first-order valence-corrected chi connectivity index (χ1v) is 4.68. The highest BCUT2D eigenvalue weighted by molar-refractivity contribution is 5.57. The highest BCUT2D eigenvalue weighted by Gasteiger charge is 2.07. The molecule has 0 saturated carbocycles. The second-order valence-corrected chi connectivity index (χ2v) is 2.69. The molecule has 4 heteroatoms. The Balaban J connectivity index is 2.95. The normalized spacial score (nSPS) is 10.3. The van der Waals surface area contributed by atoms with Gasteiger partial charge in [0.15, 0.2) is 11.5 Å². The van der Waals surface area contributed by atoms with E-state index in [0.29, 0.717) is 23.8 Å². The van der Waals surface area contributed by atoms with Crippen LogP contribution >= 0.6 is 0 Å². The number of rotatable bonds is 5. The zero-order valence-corrected chi connectivity index (χ0v) is 9.19. The van der Waals surface area contributed by atoms with Crippen LogP contribution in [0.2, 0.25) is 0 Å². The molecular formula is C11H15NO3. The van der Waals surface area contributed by atoms with Crippen molar-refractivity contribution in [3.63, 3.8) is 0 Å². The van der Waals surface area contributed by atoms with Gasteiger partial charge in [-0.3, -0.25) is 4.98 Å². The van der Waals surface area contributed by atoms with E-state index >= 15 is 0 Å². The van der Waals surface area contributed by atoms with Crippen molar-refractivity contribution in [2.45, 2.75) is 6.92 Å². The summed E-state index contributed by atoms with van der Waals surface area (Å²) in [5, 5.41) is 0. The number of nitrogens with zero attached hydrogens (tertiary/aromatic N) is 1. The molecule has 0 spiro atoms. The van der Waals surface area contributed by atoms with E-state index in [9.17, 15) is 0 Å². The molecule has 0 amide bonds. The van der Waals surface area contributed by atoms with E-state index in [4.69, 9.17) is 14.2 Å². The monoisotopic (exact) mass is 209 g/mol. The average Bonchev–Trinajstić information content (AvgIpc) is 2.29. The van der Waals surface area contributed by atoms with Crippen molar-refractivity contribution in [3.8, 4) is 11.5 Å². The molecule has 1 rings (SSSR count). The van der Waals surface area contributed by atoms with Crippen LogP contribution in [0.15, 0.2) is 18.5 Å². The first-order chi connectivity index (χ1) is 7.33. The van der Waals surface area contributed by atoms with E-state index in [1.807, 2.05) is 6.92 Å². The molecule has 0 saturated heterocycles. The van der Waals surface area contributed by atoms with Crippen LogP contribution in [0, 0.1) is 0 Å². The van der Waals surface area contributed by atoms with Crippen LogP contribution in [0.1, 0.15) is 12.6 Å². The van der Waals surface area contributed by atoms with E-state index in [0.717, 1.165) is 0 Å². The van der Waals surface area contributed by atoms with Crippen molar-refractivity contribution in [2.75, 3.05) is 20.8 Å². The Labute approximate surface area is 89.5 Å². The second kappa shape index (κ2) is 5.90. The van der Waals surface area contributed by atoms with Crippen molar-refractivity contribution in [3.05, 3.63) is 24.2 Å². The van der Waals surface area contributed by atoms with Gasteiger partial charge < -0.3 is 14.2 Å². The van der Waals surface area contributed by atoms with Crippen molar-refractivity contribution in [1.29, 1.82) is 0 Å². The molecule has 15 heavy (non-hydrogen) atoms. The summed E-state index contributed by atoms with van der Waals surface area (Å²) in [6.45, 7) is 2.55. The van der Waals surface area contributed by atoms with E-state index in [1.165, 1.54) is 0 Å². The summed E-state index contributed by atoms with van der Waals surface area (Å²) in [4.78, 5) is 4.16. The fraction of sp³-hybridized carbons (Fsp3) is 0.364. The third-order valence-electron chi connectivity index (χ3n) is 1.81. The van der Waals surface area contributed by atoms with Gasteiger partial charge in [-0.25, -0.2) is 0 Å². The number of hydrogen-bond donors (Lipinski definition) is 0. The van der Waals surface area contributed by atoms with Gasteiger partial charge >= 0.3 is 0 Å². The van der Waals surface area contributed by atoms with Crippen LogP contribution in [0.5, 0.6) is 11.5 Å². The maximum atomic E-state index is 5.20. The SMILES string of the molecule is CCOC=Cc1nccc(OC)c1OC. The van der Waals surface area contributed by atoms with Crippen molar-refractivity contribution < 1.29 is 14.2 Å². The standard InChI is InChI=1S/C11H15NO3/c1-4-15-8-6-9-11(14-3)10(13-2)5-7-12-9/h5-8H,4H2,1-3H3. The minimum absolute atomic E-state index is 0.607. The van der Waals surface area contributed by atoms with Crippen LogP contribution in [-0.4, -0.2) is 25.8 Å².